The Bertz CT molecular complexity index is 422. The fourth-order valence-electron chi connectivity index (χ4n) is 2.58. The highest BCUT2D eigenvalue weighted by atomic mass is 16.5. The Morgan fingerprint density at radius 3 is 2.90 bits per heavy atom. The number of piperazine rings is 1. The first-order valence-electron chi connectivity index (χ1n) is 7.88. The lowest BCUT2D eigenvalue weighted by molar-refractivity contribution is -0.132. The number of rotatable bonds is 7. The van der Waals surface area contributed by atoms with Gasteiger partial charge in [0.25, 0.3) is 0 Å². The van der Waals surface area contributed by atoms with Crippen molar-refractivity contribution in [3.8, 4) is 0 Å². The van der Waals surface area contributed by atoms with Crippen molar-refractivity contribution in [3.05, 3.63) is 35.9 Å². The van der Waals surface area contributed by atoms with Crippen LogP contribution in [0, 0.1) is 0 Å². The predicted molar refractivity (Wildman–Crippen MR) is 84.2 cm³/mol. The second-order valence-electron chi connectivity index (χ2n) is 5.65. The number of hydrogen-bond acceptors (Lipinski definition) is 3. The molecule has 1 fully saturated rings. The zero-order valence-corrected chi connectivity index (χ0v) is 12.9. The lowest BCUT2D eigenvalue weighted by atomic mass is 10.2. The molecule has 1 unspecified atom stereocenters. The molecule has 0 spiro atoms. The molecule has 0 bridgehead atoms. The van der Waals surface area contributed by atoms with Gasteiger partial charge in [0.1, 0.15) is 0 Å². The van der Waals surface area contributed by atoms with Crippen LogP contribution >= 0.6 is 0 Å². The monoisotopic (exact) mass is 290 g/mol. The Morgan fingerprint density at radius 1 is 1.33 bits per heavy atom. The van der Waals surface area contributed by atoms with Gasteiger partial charge in [-0.05, 0) is 25.3 Å². The zero-order chi connectivity index (χ0) is 14.9. The second-order valence-corrected chi connectivity index (χ2v) is 5.65. The zero-order valence-electron chi connectivity index (χ0n) is 12.9. The minimum Gasteiger partial charge on any atom is -0.381 e. The molecule has 21 heavy (non-hydrogen) atoms. The third-order valence-corrected chi connectivity index (χ3v) is 3.78. The van der Waals surface area contributed by atoms with Gasteiger partial charge < -0.3 is 15.0 Å². The van der Waals surface area contributed by atoms with Gasteiger partial charge in [0.2, 0.25) is 5.91 Å². The molecule has 1 heterocycles. The quantitative estimate of drug-likeness (QED) is 0.779. The van der Waals surface area contributed by atoms with E-state index in [1.807, 2.05) is 23.1 Å². The topological polar surface area (TPSA) is 41.6 Å². The third kappa shape index (κ3) is 5.86. The molecule has 0 radical (unpaired) electrons. The maximum Gasteiger partial charge on any atom is 0.222 e. The van der Waals surface area contributed by atoms with Gasteiger partial charge in [-0.25, -0.2) is 0 Å². The third-order valence-electron chi connectivity index (χ3n) is 3.78. The minimum absolute atomic E-state index is 0.259. The molecule has 0 aromatic heterocycles. The van der Waals surface area contributed by atoms with E-state index in [-0.39, 0.29) is 5.91 Å². The van der Waals surface area contributed by atoms with E-state index >= 15 is 0 Å². The molecular weight excluding hydrogens is 264 g/mol. The highest BCUT2D eigenvalue weighted by Crippen LogP contribution is 2.04. The molecule has 2 rings (SSSR count). The van der Waals surface area contributed by atoms with Crippen molar-refractivity contribution in [2.24, 2.45) is 0 Å². The molecule has 0 aliphatic carbocycles. The molecule has 1 amide bonds. The molecule has 4 heteroatoms. The number of carbonyl (C=O) groups excluding carboxylic acids is 1. The first-order chi connectivity index (χ1) is 10.3. The Balaban J connectivity index is 1.52. The number of carbonyl (C=O) groups is 1. The van der Waals surface area contributed by atoms with Crippen LogP contribution < -0.4 is 5.32 Å². The summed E-state index contributed by atoms with van der Waals surface area (Å²) >= 11 is 0. The van der Waals surface area contributed by atoms with E-state index in [1.165, 1.54) is 5.56 Å². The van der Waals surface area contributed by atoms with E-state index in [2.05, 4.69) is 24.4 Å². The summed E-state index contributed by atoms with van der Waals surface area (Å²) in [6.45, 7) is 6.07. The predicted octanol–water partition coefficient (Wildman–Crippen LogP) is 1.85. The Morgan fingerprint density at radius 2 is 2.14 bits per heavy atom. The van der Waals surface area contributed by atoms with Gasteiger partial charge in [0.05, 0.1) is 6.61 Å². The number of benzene rings is 1. The summed E-state index contributed by atoms with van der Waals surface area (Å²) in [5.74, 6) is 0.259. The average Bonchev–Trinajstić information content (AvgIpc) is 2.51. The van der Waals surface area contributed by atoms with Crippen molar-refractivity contribution in [1.29, 1.82) is 0 Å². The van der Waals surface area contributed by atoms with E-state index in [9.17, 15) is 4.79 Å². The van der Waals surface area contributed by atoms with Crippen LogP contribution in [0.1, 0.15) is 25.3 Å². The number of nitrogens with zero attached hydrogens (tertiary/aromatic N) is 1. The first kappa shape index (κ1) is 16.0. The normalized spacial score (nSPS) is 18.7. The van der Waals surface area contributed by atoms with Crippen LogP contribution in [0.15, 0.2) is 30.3 Å². The fourth-order valence-corrected chi connectivity index (χ4v) is 2.58. The van der Waals surface area contributed by atoms with E-state index in [4.69, 9.17) is 4.74 Å². The number of amides is 1. The van der Waals surface area contributed by atoms with Crippen molar-refractivity contribution in [2.45, 2.75) is 32.2 Å². The van der Waals surface area contributed by atoms with Crippen molar-refractivity contribution in [3.63, 3.8) is 0 Å². The molecule has 1 aliphatic rings. The molecular formula is C17H26N2O2. The standard InChI is InChI=1S/C17H26N2O2/c1-15-14-19(11-10-18-15)17(20)8-5-12-21-13-9-16-6-3-2-4-7-16/h2-4,6-7,15,18H,5,8-14H2,1H3. The molecule has 1 saturated heterocycles. The van der Waals surface area contributed by atoms with Crippen molar-refractivity contribution >= 4 is 5.91 Å². The Hall–Kier alpha value is -1.39. The smallest absolute Gasteiger partial charge is 0.222 e. The van der Waals surface area contributed by atoms with Crippen molar-refractivity contribution < 1.29 is 9.53 Å². The van der Waals surface area contributed by atoms with Crippen LogP contribution in [0.5, 0.6) is 0 Å². The largest absolute Gasteiger partial charge is 0.381 e. The SMILES string of the molecule is CC1CN(C(=O)CCCOCCc2ccccc2)CCN1. The molecule has 116 valence electrons. The number of hydrogen-bond donors (Lipinski definition) is 1. The summed E-state index contributed by atoms with van der Waals surface area (Å²) in [5.41, 5.74) is 1.29. The molecule has 4 nitrogen and oxygen atoms in total. The van der Waals surface area contributed by atoms with Crippen LogP contribution in [0.3, 0.4) is 0 Å². The number of ether oxygens (including phenoxy) is 1. The summed E-state index contributed by atoms with van der Waals surface area (Å²) in [5, 5.41) is 3.35. The van der Waals surface area contributed by atoms with Gasteiger partial charge >= 0.3 is 0 Å². The van der Waals surface area contributed by atoms with E-state index in [0.717, 1.165) is 39.1 Å². The van der Waals surface area contributed by atoms with E-state index < -0.39 is 0 Å². The Labute approximate surface area is 127 Å². The lowest BCUT2D eigenvalue weighted by Gasteiger charge is -2.32. The molecule has 1 atom stereocenters. The van der Waals surface area contributed by atoms with E-state index in [0.29, 0.717) is 19.1 Å². The maximum atomic E-state index is 12.0. The first-order valence-corrected chi connectivity index (χ1v) is 7.88. The van der Waals surface area contributed by atoms with Crippen molar-refractivity contribution in [2.75, 3.05) is 32.8 Å². The van der Waals surface area contributed by atoms with Crippen molar-refractivity contribution in [1.82, 2.24) is 10.2 Å². The van der Waals surface area contributed by atoms with Gasteiger partial charge in [-0.3, -0.25) is 4.79 Å². The molecule has 0 saturated carbocycles. The molecule has 1 aliphatic heterocycles. The summed E-state index contributed by atoms with van der Waals surface area (Å²) in [6, 6.07) is 10.7. The summed E-state index contributed by atoms with van der Waals surface area (Å²) < 4.78 is 5.61. The van der Waals surface area contributed by atoms with Crippen LogP contribution in [0.4, 0.5) is 0 Å². The van der Waals surface area contributed by atoms with Gasteiger partial charge in [-0.15, -0.1) is 0 Å². The van der Waals surface area contributed by atoms with Gasteiger partial charge in [0.15, 0.2) is 0 Å². The summed E-state index contributed by atoms with van der Waals surface area (Å²) in [7, 11) is 0. The fraction of sp³-hybridized carbons (Fsp3) is 0.588. The van der Waals surface area contributed by atoms with Crippen LogP contribution in [0.25, 0.3) is 0 Å². The van der Waals surface area contributed by atoms with Gasteiger partial charge in [-0.1, -0.05) is 30.3 Å². The summed E-state index contributed by atoms with van der Waals surface area (Å²) in [4.78, 5) is 14.0. The molecule has 1 aromatic rings. The highest BCUT2D eigenvalue weighted by Gasteiger charge is 2.19. The minimum atomic E-state index is 0.259. The molecule has 1 aromatic carbocycles. The molecule has 1 N–H and O–H groups in total. The lowest BCUT2D eigenvalue weighted by Crippen LogP contribution is -2.51. The summed E-state index contributed by atoms with van der Waals surface area (Å²) in [6.07, 6.45) is 2.34. The highest BCUT2D eigenvalue weighted by molar-refractivity contribution is 5.76. The van der Waals surface area contributed by atoms with Crippen LogP contribution in [0.2, 0.25) is 0 Å². The van der Waals surface area contributed by atoms with E-state index in [1.54, 1.807) is 0 Å². The van der Waals surface area contributed by atoms with Crippen LogP contribution in [-0.2, 0) is 16.0 Å². The maximum absolute atomic E-state index is 12.0. The Kier molecular flexibility index (Phi) is 6.70. The average molecular weight is 290 g/mol. The van der Waals surface area contributed by atoms with Gasteiger partial charge in [-0.2, -0.15) is 0 Å². The number of nitrogens with one attached hydrogen (secondary N) is 1. The van der Waals surface area contributed by atoms with Gasteiger partial charge in [0, 0.05) is 38.7 Å². The second kappa shape index (κ2) is 8.80. The van der Waals surface area contributed by atoms with Crippen LogP contribution in [-0.4, -0.2) is 49.7 Å².